The molecule has 1 amide bonds. The average Bonchev–Trinajstić information content (AvgIpc) is 2.93. The van der Waals surface area contributed by atoms with Crippen molar-refractivity contribution in [2.24, 2.45) is 0 Å². The van der Waals surface area contributed by atoms with E-state index in [4.69, 9.17) is 4.74 Å². The highest BCUT2D eigenvalue weighted by Crippen LogP contribution is 2.14. The molecule has 1 aromatic rings. The smallest absolute Gasteiger partial charge is 0.225 e. The molecule has 1 saturated heterocycles. The standard InChI is InChI=1S/C16H24N2O2/c1-13(17-10-9-15-8-5-11-20-15)12-16(19)18-14-6-3-2-4-7-14/h2-4,6-7,13,15,17H,5,8-12H2,1H3,(H,18,19)/t13-,15+/m0/s1. The summed E-state index contributed by atoms with van der Waals surface area (Å²) in [7, 11) is 0. The van der Waals surface area contributed by atoms with Crippen LogP contribution in [0.4, 0.5) is 5.69 Å². The first-order chi connectivity index (χ1) is 9.74. The Bertz CT molecular complexity index is 402. The van der Waals surface area contributed by atoms with E-state index in [1.54, 1.807) is 0 Å². The van der Waals surface area contributed by atoms with Gasteiger partial charge in [0.2, 0.25) is 5.91 Å². The van der Waals surface area contributed by atoms with Gasteiger partial charge in [-0.05, 0) is 44.9 Å². The molecule has 110 valence electrons. The van der Waals surface area contributed by atoms with Crippen LogP contribution in [0.3, 0.4) is 0 Å². The van der Waals surface area contributed by atoms with Gasteiger partial charge in [0, 0.05) is 24.8 Å². The zero-order valence-electron chi connectivity index (χ0n) is 12.1. The lowest BCUT2D eigenvalue weighted by molar-refractivity contribution is -0.116. The number of hydrogen-bond donors (Lipinski definition) is 2. The number of carbonyl (C=O) groups excluding carboxylic acids is 1. The van der Waals surface area contributed by atoms with Gasteiger partial charge in [-0.25, -0.2) is 0 Å². The van der Waals surface area contributed by atoms with Gasteiger partial charge in [0.1, 0.15) is 0 Å². The Morgan fingerprint density at radius 3 is 2.90 bits per heavy atom. The summed E-state index contributed by atoms with van der Waals surface area (Å²) in [4.78, 5) is 11.9. The molecule has 1 aliphatic heterocycles. The van der Waals surface area contributed by atoms with Gasteiger partial charge < -0.3 is 15.4 Å². The minimum Gasteiger partial charge on any atom is -0.378 e. The molecule has 20 heavy (non-hydrogen) atoms. The zero-order valence-corrected chi connectivity index (χ0v) is 12.1. The number of ether oxygens (including phenoxy) is 1. The maximum atomic E-state index is 11.9. The molecule has 2 atom stereocenters. The molecular weight excluding hydrogens is 252 g/mol. The number of carbonyl (C=O) groups is 1. The third kappa shape index (κ3) is 5.31. The van der Waals surface area contributed by atoms with Crippen LogP contribution in [0.2, 0.25) is 0 Å². The molecule has 1 aromatic carbocycles. The fourth-order valence-electron chi connectivity index (χ4n) is 2.45. The lowest BCUT2D eigenvalue weighted by Gasteiger charge is -2.15. The molecule has 1 heterocycles. The molecule has 2 N–H and O–H groups in total. The second kappa shape index (κ2) is 8.02. The first kappa shape index (κ1) is 15.0. The highest BCUT2D eigenvalue weighted by molar-refractivity contribution is 5.90. The van der Waals surface area contributed by atoms with Crippen LogP contribution in [0, 0.1) is 0 Å². The summed E-state index contributed by atoms with van der Waals surface area (Å²) >= 11 is 0. The maximum Gasteiger partial charge on any atom is 0.225 e. The summed E-state index contributed by atoms with van der Waals surface area (Å²) in [5, 5.41) is 6.29. The van der Waals surface area contributed by atoms with Crippen LogP contribution in [0.5, 0.6) is 0 Å². The van der Waals surface area contributed by atoms with E-state index in [9.17, 15) is 4.79 Å². The second-order valence-electron chi connectivity index (χ2n) is 5.40. The van der Waals surface area contributed by atoms with E-state index in [0.29, 0.717) is 12.5 Å². The molecule has 1 fully saturated rings. The molecule has 0 saturated carbocycles. The van der Waals surface area contributed by atoms with Gasteiger partial charge in [-0.3, -0.25) is 4.79 Å². The van der Waals surface area contributed by atoms with Crippen molar-refractivity contribution in [1.29, 1.82) is 0 Å². The molecule has 0 unspecified atom stereocenters. The van der Waals surface area contributed by atoms with Crippen LogP contribution in [-0.4, -0.2) is 31.2 Å². The molecule has 2 rings (SSSR count). The topological polar surface area (TPSA) is 50.4 Å². The Hall–Kier alpha value is -1.39. The van der Waals surface area contributed by atoms with E-state index < -0.39 is 0 Å². The largest absolute Gasteiger partial charge is 0.378 e. The molecule has 4 nitrogen and oxygen atoms in total. The van der Waals surface area contributed by atoms with Crippen LogP contribution < -0.4 is 10.6 Å². The van der Waals surface area contributed by atoms with Crippen molar-refractivity contribution in [3.8, 4) is 0 Å². The van der Waals surface area contributed by atoms with Crippen molar-refractivity contribution in [3.63, 3.8) is 0 Å². The van der Waals surface area contributed by atoms with Crippen molar-refractivity contribution >= 4 is 11.6 Å². The van der Waals surface area contributed by atoms with E-state index >= 15 is 0 Å². The Morgan fingerprint density at radius 1 is 1.40 bits per heavy atom. The average molecular weight is 276 g/mol. The van der Waals surface area contributed by atoms with Crippen molar-refractivity contribution in [2.45, 2.75) is 44.8 Å². The normalized spacial score (nSPS) is 19.8. The lowest BCUT2D eigenvalue weighted by atomic mass is 10.1. The fourth-order valence-corrected chi connectivity index (χ4v) is 2.45. The molecule has 0 aliphatic carbocycles. The predicted molar refractivity (Wildman–Crippen MR) is 80.7 cm³/mol. The van der Waals surface area contributed by atoms with Crippen molar-refractivity contribution in [3.05, 3.63) is 30.3 Å². The summed E-state index contributed by atoms with van der Waals surface area (Å²) in [6.45, 7) is 3.85. The zero-order chi connectivity index (χ0) is 14.2. The van der Waals surface area contributed by atoms with Crippen LogP contribution in [-0.2, 0) is 9.53 Å². The molecule has 0 bridgehead atoms. The number of hydrogen-bond acceptors (Lipinski definition) is 3. The minimum absolute atomic E-state index is 0.0494. The first-order valence-corrected chi connectivity index (χ1v) is 7.44. The van der Waals surface area contributed by atoms with Crippen LogP contribution in [0.15, 0.2) is 30.3 Å². The third-order valence-corrected chi connectivity index (χ3v) is 3.53. The Kier molecular flexibility index (Phi) is 6.02. The third-order valence-electron chi connectivity index (χ3n) is 3.53. The molecule has 1 aliphatic rings. The van der Waals surface area contributed by atoms with Crippen LogP contribution >= 0.6 is 0 Å². The van der Waals surface area contributed by atoms with Crippen molar-refractivity contribution in [2.75, 3.05) is 18.5 Å². The van der Waals surface area contributed by atoms with Gasteiger partial charge in [-0.1, -0.05) is 18.2 Å². The first-order valence-electron chi connectivity index (χ1n) is 7.44. The highest BCUT2D eigenvalue weighted by atomic mass is 16.5. The van der Waals surface area contributed by atoms with E-state index in [-0.39, 0.29) is 11.9 Å². The van der Waals surface area contributed by atoms with E-state index in [1.165, 1.54) is 12.8 Å². The summed E-state index contributed by atoms with van der Waals surface area (Å²) in [5.74, 6) is 0.0494. The molecule has 0 aromatic heterocycles. The van der Waals surface area contributed by atoms with Gasteiger partial charge in [0.25, 0.3) is 0 Å². The number of rotatable bonds is 7. The summed E-state index contributed by atoms with van der Waals surface area (Å²) in [6.07, 6.45) is 4.28. The number of nitrogens with one attached hydrogen (secondary N) is 2. The molecule has 4 heteroatoms. The summed E-state index contributed by atoms with van der Waals surface area (Å²) in [5.41, 5.74) is 0.851. The van der Waals surface area contributed by atoms with E-state index in [2.05, 4.69) is 10.6 Å². The van der Waals surface area contributed by atoms with Gasteiger partial charge >= 0.3 is 0 Å². The minimum atomic E-state index is 0.0494. The van der Waals surface area contributed by atoms with Crippen LogP contribution in [0.1, 0.15) is 32.6 Å². The van der Waals surface area contributed by atoms with Crippen molar-refractivity contribution < 1.29 is 9.53 Å². The van der Waals surface area contributed by atoms with Gasteiger partial charge in [0.05, 0.1) is 6.10 Å². The molecule has 0 spiro atoms. The SMILES string of the molecule is C[C@@H](CC(=O)Nc1ccccc1)NCC[C@H]1CCCO1. The van der Waals surface area contributed by atoms with E-state index in [1.807, 2.05) is 37.3 Å². The van der Waals surface area contributed by atoms with Gasteiger partial charge in [-0.15, -0.1) is 0 Å². The summed E-state index contributed by atoms with van der Waals surface area (Å²) in [6, 6.07) is 9.74. The number of anilines is 1. The Morgan fingerprint density at radius 2 is 2.20 bits per heavy atom. The highest BCUT2D eigenvalue weighted by Gasteiger charge is 2.15. The quantitative estimate of drug-likeness (QED) is 0.804. The van der Waals surface area contributed by atoms with Crippen molar-refractivity contribution in [1.82, 2.24) is 5.32 Å². The molecular formula is C16H24N2O2. The molecule has 0 radical (unpaired) electrons. The van der Waals surface area contributed by atoms with Gasteiger partial charge in [0.15, 0.2) is 0 Å². The fraction of sp³-hybridized carbons (Fsp3) is 0.562. The predicted octanol–water partition coefficient (Wildman–Crippen LogP) is 2.56. The number of para-hydroxylation sites is 1. The number of benzene rings is 1. The number of amides is 1. The Balaban J connectivity index is 1.60. The second-order valence-corrected chi connectivity index (χ2v) is 5.40. The lowest BCUT2D eigenvalue weighted by Crippen LogP contribution is -2.32. The Labute approximate surface area is 120 Å². The summed E-state index contributed by atoms with van der Waals surface area (Å²) < 4.78 is 5.58. The van der Waals surface area contributed by atoms with Crippen LogP contribution in [0.25, 0.3) is 0 Å². The van der Waals surface area contributed by atoms with Gasteiger partial charge in [-0.2, -0.15) is 0 Å². The van der Waals surface area contributed by atoms with E-state index in [0.717, 1.165) is 25.3 Å². The monoisotopic (exact) mass is 276 g/mol. The maximum absolute atomic E-state index is 11.9.